The summed E-state index contributed by atoms with van der Waals surface area (Å²) in [7, 11) is 0. The normalized spacial score (nSPS) is 14.7. The SMILES string of the molecule is CC(C)c1nc2c(c(-c3ccc(O)cc3)n1)CCN(Cc1cccnc1)CC2. The lowest BCUT2D eigenvalue weighted by Gasteiger charge is -2.19. The summed E-state index contributed by atoms with van der Waals surface area (Å²) < 4.78 is 0. The van der Waals surface area contributed by atoms with Crippen LogP contribution in [0.3, 0.4) is 0 Å². The number of hydrogen-bond acceptors (Lipinski definition) is 5. The van der Waals surface area contributed by atoms with Gasteiger partial charge < -0.3 is 5.11 Å². The maximum absolute atomic E-state index is 9.66. The second-order valence-electron chi connectivity index (χ2n) is 7.69. The maximum atomic E-state index is 9.66. The van der Waals surface area contributed by atoms with Crippen LogP contribution >= 0.6 is 0 Å². The number of benzene rings is 1. The number of hydrogen-bond donors (Lipinski definition) is 1. The number of aromatic nitrogens is 3. The molecule has 0 spiro atoms. The smallest absolute Gasteiger partial charge is 0.131 e. The van der Waals surface area contributed by atoms with Gasteiger partial charge in [-0.2, -0.15) is 0 Å². The molecule has 3 heterocycles. The summed E-state index contributed by atoms with van der Waals surface area (Å²) >= 11 is 0. The molecule has 0 saturated carbocycles. The first kappa shape index (κ1) is 18.6. The van der Waals surface area contributed by atoms with E-state index in [0.29, 0.717) is 0 Å². The van der Waals surface area contributed by atoms with Gasteiger partial charge in [-0.3, -0.25) is 9.88 Å². The second kappa shape index (κ2) is 8.07. The fraction of sp³-hybridized carbons (Fsp3) is 0.348. The summed E-state index contributed by atoms with van der Waals surface area (Å²) in [4.78, 5) is 16.5. The Bertz CT molecular complexity index is 939. The van der Waals surface area contributed by atoms with Gasteiger partial charge in [-0.15, -0.1) is 0 Å². The molecule has 28 heavy (non-hydrogen) atoms. The Hall–Kier alpha value is -2.79. The van der Waals surface area contributed by atoms with Crippen LogP contribution in [0.25, 0.3) is 11.3 Å². The molecule has 0 aliphatic carbocycles. The largest absolute Gasteiger partial charge is 0.508 e. The molecule has 0 amide bonds. The second-order valence-corrected chi connectivity index (χ2v) is 7.69. The molecule has 0 radical (unpaired) electrons. The van der Waals surface area contributed by atoms with Gasteiger partial charge in [0.05, 0.1) is 5.69 Å². The van der Waals surface area contributed by atoms with Crippen LogP contribution in [0.5, 0.6) is 5.75 Å². The van der Waals surface area contributed by atoms with Gasteiger partial charge >= 0.3 is 0 Å². The highest BCUT2D eigenvalue weighted by atomic mass is 16.3. The first-order valence-corrected chi connectivity index (χ1v) is 9.90. The van der Waals surface area contributed by atoms with Crippen molar-refractivity contribution in [2.45, 2.75) is 39.2 Å². The lowest BCUT2D eigenvalue weighted by Crippen LogP contribution is -2.26. The fourth-order valence-electron chi connectivity index (χ4n) is 3.69. The average molecular weight is 374 g/mol. The van der Waals surface area contributed by atoms with Crippen LogP contribution in [-0.2, 0) is 19.4 Å². The molecule has 0 atom stereocenters. The zero-order valence-electron chi connectivity index (χ0n) is 16.5. The zero-order chi connectivity index (χ0) is 19.5. The molecule has 5 heteroatoms. The molecule has 0 bridgehead atoms. The molecular formula is C23H26N4O. The molecule has 5 nitrogen and oxygen atoms in total. The summed E-state index contributed by atoms with van der Waals surface area (Å²) in [5.74, 6) is 1.44. The van der Waals surface area contributed by atoms with Crippen LogP contribution in [0.2, 0.25) is 0 Å². The summed E-state index contributed by atoms with van der Waals surface area (Å²) in [6.07, 6.45) is 5.60. The van der Waals surface area contributed by atoms with Crippen LogP contribution in [0.1, 0.15) is 42.4 Å². The van der Waals surface area contributed by atoms with Gasteiger partial charge in [-0.1, -0.05) is 19.9 Å². The van der Waals surface area contributed by atoms with Gasteiger partial charge in [-0.25, -0.2) is 9.97 Å². The number of phenolic OH excluding ortho intramolecular Hbond substituents is 1. The molecule has 1 N–H and O–H groups in total. The van der Waals surface area contributed by atoms with Crippen LogP contribution < -0.4 is 0 Å². The van der Waals surface area contributed by atoms with Gasteiger partial charge in [0, 0.05) is 61.2 Å². The third-order valence-corrected chi connectivity index (χ3v) is 5.24. The van der Waals surface area contributed by atoms with Crippen molar-refractivity contribution in [1.29, 1.82) is 0 Å². The van der Waals surface area contributed by atoms with E-state index in [2.05, 4.69) is 29.8 Å². The highest BCUT2D eigenvalue weighted by molar-refractivity contribution is 5.65. The molecular weight excluding hydrogens is 348 g/mol. The van der Waals surface area contributed by atoms with E-state index < -0.39 is 0 Å². The van der Waals surface area contributed by atoms with Gasteiger partial charge in [-0.05, 0) is 42.3 Å². The molecule has 144 valence electrons. The highest BCUT2D eigenvalue weighted by Crippen LogP contribution is 2.29. The lowest BCUT2D eigenvalue weighted by atomic mass is 10.00. The Kier molecular flexibility index (Phi) is 5.35. The molecule has 1 aromatic carbocycles. The number of aromatic hydroxyl groups is 1. The zero-order valence-corrected chi connectivity index (χ0v) is 16.5. The topological polar surface area (TPSA) is 62.1 Å². The third-order valence-electron chi connectivity index (χ3n) is 5.24. The molecule has 4 rings (SSSR count). The summed E-state index contributed by atoms with van der Waals surface area (Å²) in [6, 6.07) is 11.5. The van der Waals surface area contributed by atoms with Crippen molar-refractivity contribution >= 4 is 0 Å². The molecule has 3 aromatic rings. The monoisotopic (exact) mass is 374 g/mol. The minimum absolute atomic E-state index is 0.274. The van der Waals surface area contributed by atoms with Crippen LogP contribution in [-0.4, -0.2) is 38.0 Å². The van der Waals surface area contributed by atoms with Crippen molar-refractivity contribution in [2.75, 3.05) is 13.1 Å². The van der Waals surface area contributed by atoms with E-state index in [0.717, 1.165) is 55.3 Å². The van der Waals surface area contributed by atoms with Crippen molar-refractivity contribution in [3.05, 3.63) is 71.4 Å². The molecule has 0 fully saturated rings. The van der Waals surface area contributed by atoms with Crippen LogP contribution in [0, 0.1) is 0 Å². The third kappa shape index (κ3) is 4.04. The Labute approximate surface area is 166 Å². The van der Waals surface area contributed by atoms with E-state index in [4.69, 9.17) is 9.97 Å². The van der Waals surface area contributed by atoms with Crippen molar-refractivity contribution in [1.82, 2.24) is 19.9 Å². The van der Waals surface area contributed by atoms with Gasteiger partial charge in [0.2, 0.25) is 0 Å². The summed E-state index contributed by atoms with van der Waals surface area (Å²) in [5.41, 5.74) is 5.69. The quantitative estimate of drug-likeness (QED) is 0.749. The first-order chi connectivity index (χ1) is 13.6. The molecule has 0 unspecified atom stereocenters. The Morgan fingerprint density at radius 2 is 1.82 bits per heavy atom. The summed E-state index contributed by atoms with van der Waals surface area (Å²) in [5, 5.41) is 9.66. The highest BCUT2D eigenvalue weighted by Gasteiger charge is 2.22. The van der Waals surface area contributed by atoms with E-state index >= 15 is 0 Å². The van der Waals surface area contributed by atoms with Crippen LogP contribution in [0.4, 0.5) is 0 Å². The number of fused-ring (bicyclic) bond motifs is 1. The average Bonchev–Trinajstić information content (AvgIpc) is 2.91. The van der Waals surface area contributed by atoms with Gasteiger partial charge in [0.25, 0.3) is 0 Å². The number of pyridine rings is 1. The first-order valence-electron chi connectivity index (χ1n) is 9.90. The number of nitrogens with zero attached hydrogens (tertiary/aromatic N) is 4. The number of rotatable bonds is 4. The minimum atomic E-state index is 0.274. The predicted molar refractivity (Wildman–Crippen MR) is 110 cm³/mol. The van der Waals surface area contributed by atoms with Gasteiger partial charge in [0.15, 0.2) is 0 Å². The Balaban J connectivity index is 1.66. The van der Waals surface area contributed by atoms with Crippen molar-refractivity contribution < 1.29 is 5.11 Å². The van der Waals surface area contributed by atoms with Crippen LogP contribution in [0.15, 0.2) is 48.8 Å². The fourth-order valence-corrected chi connectivity index (χ4v) is 3.69. The van der Waals surface area contributed by atoms with E-state index in [9.17, 15) is 5.11 Å². The van der Waals surface area contributed by atoms with E-state index in [1.165, 1.54) is 11.1 Å². The predicted octanol–water partition coefficient (Wildman–Crippen LogP) is 3.97. The Morgan fingerprint density at radius 1 is 1.04 bits per heavy atom. The minimum Gasteiger partial charge on any atom is -0.508 e. The Morgan fingerprint density at radius 3 is 2.54 bits per heavy atom. The van der Waals surface area contributed by atoms with Crippen molar-refractivity contribution in [3.63, 3.8) is 0 Å². The van der Waals surface area contributed by atoms with Crippen molar-refractivity contribution in [3.8, 4) is 17.0 Å². The van der Waals surface area contributed by atoms with Crippen molar-refractivity contribution in [2.24, 2.45) is 0 Å². The lowest BCUT2D eigenvalue weighted by molar-refractivity contribution is 0.278. The standard InChI is InChI=1S/C23H26N4O/c1-16(2)23-25-21-10-13-27(15-17-4-3-11-24-14-17)12-9-20(21)22(26-23)18-5-7-19(28)8-6-18/h3-8,11,14,16,28H,9-10,12-13,15H2,1-2H3. The molecule has 1 aliphatic rings. The summed E-state index contributed by atoms with van der Waals surface area (Å²) in [6.45, 7) is 7.12. The maximum Gasteiger partial charge on any atom is 0.131 e. The number of phenols is 1. The van der Waals surface area contributed by atoms with E-state index in [-0.39, 0.29) is 11.7 Å². The molecule has 2 aromatic heterocycles. The molecule has 0 saturated heterocycles. The molecule has 1 aliphatic heterocycles. The van der Waals surface area contributed by atoms with E-state index in [1.807, 2.05) is 30.6 Å². The van der Waals surface area contributed by atoms with E-state index in [1.54, 1.807) is 12.1 Å². The van der Waals surface area contributed by atoms with Gasteiger partial charge in [0.1, 0.15) is 11.6 Å².